The number of carbonyl (C=O) groups is 2. The summed E-state index contributed by atoms with van der Waals surface area (Å²) in [5, 5.41) is 6.68. The zero-order valence-electron chi connectivity index (χ0n) is 25.3. The van der Waals surface area contributed by atoms with Crippen molar-refractivity contribution in [1.82, 2.24) is 14.8 Å². The van der Waals surface area contributed by atoms with Gasteiger partial charge in [-0.25, -0.2) is 13.3 Å². The van der Waals surface area contributed by atoms with Crippen LogP contribution in [0.4, 0.5) is 8.78 Å². The molecule has 13 nitrogen and oxygen atoms in total. The average molecular weight is 673 g/mol. The van der Waals surface area contributed by atoms with Crippen molar-refractivity contribution < 1.29 is 46.8 Å². The Morgan fingerprint density at radius 2 is 1.96 bits per heavy atom. The maximum atomic E-state index is 14.3. The average Bonchev–Trinajstić information content (AvgIpc) is 3.34. The molecule has 2 aromatic carbocycles. The van der Waals surface area contributed by atoms with Crippen LogP contribution in [0.2, 0.25) is 0 Å². The Hall–Kier alpha value is -4.59. The van der Waals surface area contributed by atoms with Crippen molar-refractivity contribution in [2.75, 3.05) is 6.54 Å². The number of phosphoric acid groups is 1. The van der Waals surface area contributed by atoms with Gasteiger partial charge in [0, 0.05) is 48.9 Å². The van der Waals surface area contributed by atoms with Crippen LogP contribution in [0.3, 0.4) is 0 Å². The van der Waals surface area contributed by atoms with Gasteiger partial charge in [-0.1, -0.05) is 29.4 Å². The van der Waals surface area contributed by atoms with Crippen LogP contribution in [0.5, 0.6) is 11.5 Å². The quantitative estimate of drug-likeness (QED) is 0.301. The molecule has 0 saturated carbocycles. The number of hydrogen-bond acceptors (Lipinski definition) is 8. The van der Waals surface area contributed by atoms with Gasteiger partial charge in [0.15, 0.2) is 17.0 Å². The number of benzene rings is 2. The molecule has 16 heteroatoms. The molecular weight excluding hydrogens is 641 g/mol. The Morgan fingerprint density at radius 1 is 1.19 bits per heavy atom. The molecule has 0 radical (unpaired) electrons. The number of nitrogens with one attached hydrogen (secondary N) is 1. The van der Waals surface area contributed by atoms with Gasteiger partial charge in [0.1, 0.15) is 29.6 Å². The minimum atomic E-state index is -4.96. The van der Waals surface area contributed by atoms with Crippen molar-refractivity contribution in [3.05, 3.63) is 92.9 Å². The predicted molar refractivity (Wildman–Crippen MR) is 162 cm³/mol. The van der Waals surface area contributed by atoms with E-state index >= 15 is 0 Å². The van der Waals surface area contributed by atoms with Gasteiger partial charge in [-0.05, 0) is 38.8 Å². The lowest BCUT2D eigenvalue weighted by Gasteiger charge is -2.42. The lowest BCUT2D eigenvalue weighted by Crippen LogP contribution is -2.52. The van der Waals surface area contributed by atoms with Crippen molar-refractivity contribution in [1.29, 1.82) is 0 Å². The number of phosphoric ester groups is 1. The molecule has 4 heterocycles. The monoisotopic (exact) mass is 672 g/mol. The van der Waals surface area contributed by atoms with E-state index in [9.17, 15) is 37.5 Å². The fraction of sp³-hybridized carbons (Fsp3) is 0.355. The van der Waals surface area contributed by atoms with E-state index in [2.05, 4.69) is 10.5 Å². The second-order valence-corrected chi connectivity index (χ2v) is 13.0. The first-order chi connectivity index (χ1) is 22.3. The number of nitrogens with zero attached hydrogens (tertiary/aromatic N) is 3. The van der Waals surface area contributed by atoms with E-state index < -0.39 is 66.3 Å². The van der Waals surface area contributed by atoms with Crippen molar-refractivity contribution in [2.24, 2.45) is 5.16 Å². The summed E-state index contributed by atoms with van der Waals surface area (Å²) in [5.74, 6) is -3.80. The topological polar surface area (TPSA) is 169 Å². The number of carbonyl (C=O) groups excluding carboxylic acids is 2. The van der Waals surface area contributed by atoms with Crippen molar-refractivity contribution in [2.45, 2.75) is 63.9 Å². The molecule has 1 aromatic heterocycles. The maximum Gasteiger partial charge on any atom is 0.524 e. The number of para-hydroxylation sites is 1. The number of pyridine rings is 1. The highest BCUT2D eigenvalue weighted by atomic mass is 31.2. The normalized spacial score (nSPS) is 21.9. The third-order valence-corrected chi connectivity index (χ3v) is 9.12. The van der Waals surface area contributed by atoms with Crippen molar-refractivity contribution in [3.63, 3.8) is 0 Å². The third kappa shape index (κ3) is 6.25. The van der Waals surface area contributed by atoms with Crippen LogP contribution in [-0.4, -0.2) is 55.0 Å². The highest BCUT2D eigenvalue weighted by Crippen LogP contribution is 2.46. The summed E-state index contributed by atoms with van der Waals surface area (Å²) in [5.41, 5.74) is -1.55. The van der Waals surface area contributed by atoms with Gasteiger partial charge in [0.2, 0.25) is 5.43 Å². The van der Waals surface area contributed by atoms with Gasteiger partial charge in [0.05, 0.1) is 11.8 Å². The highest BCUT2D eigenvalue weighted by Gasteiger charge is 2.54. The fourth-order valence-electron chi connectivity index (χ4n) is 6.33. The predicted octanol–water partition coefficient (Wildman–Crippen LogP) is 3.82. The second kappa shape index (κ2) is 12.2. The Labute approximate surface area is 267 Å². The molecule has 1 fully saturated rings. The van der Waals surface area contributed by atoms with Gasteiger partial charge in [-0.3, -0.25) is 24.2 Å². The molecule has 1 saturated heterocycles. The van der Waals surface area contributed by atoms with Crippen LogP contribution in [0.25, 0.3) is 0 Å². The summed E-state index contributed by atoms with van der Waals surface area (Å²) < 4.78 is 51.6. The van der Waals surface area contributed by atoms with Gasteiger partial charge in [-0.2, -0.15) is 0 Å². The SMILES string of the molecule is CC1=NO[C@@]2(CC[C@H](C)N3CC2n2cc(C(=O)NCc4ccc(F)cc4F)c(=O)c(OCc4ccccc4OP(=O)(O)O)c2C3=O)C1. The number of halogens is 2. The van der Waals surface area contributed by atoms with Crippen LogP contribution in [0.1, 0.15) is 71.1 Å². The molecule has 0 aliphatic carbocycles. The fourth-order valence-corrected chi connectivity index (χ4v) is 6.77. The number of rotatable bonds is 8. The summed E-state index contributed by atoms with van der Waals surface area (Å²) in [4.78, 5) is 68.1. The van der Waals surface area contributed by atoms with Crippen LogP contribution in [0.15, 0.2) is 58.6 Å². The summed E-state index contributed by atoms with van der Waals surface area (Å²) in [6, 6.07) is 7.83. The molecule has 3 aromatic rings. The largest absolute Gasteiger partial charge is 0.524 e. The van der Waals surface area contributed by atoms with E-state index in [1.165, 1.54) is 35.0 Å². The molecule has 3 N–H and O–H groups in total. The molecule has 47 heavy (non-hydrogen) atoms. The van der Waals surface area contributed by atoms with Crippen LogP contribution in [-0.2, 0) is 22.6 Å². The number of ether oxygens (including phenoxy) is 1. The third-order valence-electron chi connectivity index (χ3n) is 8.69. The Morgan fingerprint density at radius 3 is 2.66 bits per heavy atom. The molecule has 6 rings (SSSR count). The summed E-state index contributed by atoms with van der Waals surface area (Å²) >= 11 is 0. The molecule has 248 valence electrons. The summed E-state index contributed by atoms with van der Waals surface area (Å²) in [7, 11) is -4.96. The van der Waals surface area contributed by atoms with E-state index in [0.29, 0.717) is 25.3 Å². The van der Waals surface area contributed by atoms with E-state index in [1.54, 1.807) is 11.0 Å². The zero-order chi connectivity index (χ0) is 33.7. The Kier molecular flexibility index (Phi) is 8.41. The number of fused-ring (bicyclic) bond motifs is 5. The summed E-state index contributed by atoms with van der Waals surface area (Å²) in [6.45, 7) is 3.06. The lowest BCUT2D eigenvalue weighted by molar-refractivity contribution is -0.0656. The molecule has 2 bridgehead atoms. The minimum Gasteiger partial charge on any atom is -0.482 e. The number of oxime groups is 1. The molecule has 1 spiro atoms. The standard InChI is InChI=1S/C31H31F2N4O9P/c1-17-12-31(46-35-17)10-9-18(2)36-15-25(31)37-14-22(29(39)34-13-19-7-8-21(32)11-23(19)33)27(38)28(26(37)30(36)40)44-16-20-5-3-4-6-24(20)45-47(41,42)43/h3-8,11,14,18,25H,9-10,12-13,15-16H2,1-2H3,(H,34,39)(H2,41,42,43)/t18-,25?,31-/m0/s1. The molecule has 2 amide bonds. The van der Waals surface area contributed by atoms with E-state index in [-0.39, 0.29) is 41.7 Å². The first-order valence-electron chi connectivity index (χ1n) is 14.8. The Bertz CT molecular complexity index is 1910. The molecular formula is C31H31F2N4O9P. The van der Waals surface area contributed by atoms with Gasteiger partial charge in [-0.15, -0.1) is 0 Å². The number of amides is 2. The lowest BCUT2D eigenvalue weighted by atomic mass is 9.84. The number of aromatic nitrogens is 1. The van der Waals surface area contributed by atoms with Crippen LogP contribution >= 0.6 is 7.82 Å². The van der Waals surface area contributed by atoms with E-state index in [0.717, 1.165) is 11.8 Å². The van der Waals surface area contributed by atoms with E-state index in [4.69, 9.17) is 14.1 Å². The van der Waals surface area contributed by atoms with Crippen LogP contribution < -0.4 is 20.0 Å². The van der Waals surface area contributed by atoms with Crippen LogP contribution in [0, 0.1) is 11.6 Å². The molecule has 3 aliphatic heterocycles. The first kappa shape index (κ1) is 32.4. The summed E-state index contributed by atoms with van der Waals surface area (Å²) in [6.07, 6.45) is 2.79. The van der Waals surface area contributed by atoms with Gasteiger partial charge in [0.25, 0.3) is 11.8 Å². The highest BCUT2D eigenvalue weighted by molar-refractivity contribution is 7.46. The van der Waals surface area contributed by atoms with Gasteiger partial charge < -0.3 is 28.9 Å². The molecule has 3 aliphatic rings. The number of hydrogen-bond donors (Lipinski definition) is 3. The smallest absolute Gasteiger partial charge is 0.482 e. The zero-order valence-corrected chi connectivity index (χ0v) is 26.2. The van der Waals surface area contributed by atoms with Crippen molar-refractivity contribution in [3.8, 4) is 11.5 Å². The van der Waals surface area contributed by atoms with Crippen molar-refractivity contribution >= 4 is 25.3 Å². The molecule has 1 unspecified atom stereocenters. The second-order valence-electron chi connectivity index (χ2n) is 11.9. The minimum absolute atomic E-state index is 0.0227. The first-order valence-corrected chi connectivity index (χ1v) is 16.3. The van der Waals surface area contributed by atoms with E-state index in [1.807, 2.05) is 13.8 Å². The maximum absolute atomic E-state index is 14.3. The molecule has 3 atom stereocenters. The van der Waals surface area contributed by atoms with Gasteiger partial charge >= 0.3 is 7.82 Å². The Balaban J connectivity index is 1.45.